The zero-order valence-electron chi connectivity index (χ0n) is 12.4. The number of aliphatic carboxylic acids is 1. The second-order valence-corrected chi connectivity index (χ2v) is 6.52. The van der Waals surface area contributed by atoms with Gasteiger partial charge in [-0.2, -0.15) is 0 Å². The highest BCUT2D eigenvalue weighted by Gasteiger charge is 2.41. The first-order chi connectivity index (χ1) is 9.03. The van der Waals surface area contributed by atoms with Gasteiger partial charge < -0.3 is 10.0 Å². The lowest BCUT2D eigenvalue weighted by Crippen LogP contribution is -2.57. The van der Waals surface area contributed by atoms with Gasteiger partial charge in [-0.3, -0.25) is 9.69 Å². The molecule has 1 aliphatic carbocycles. The highest BCUT2D eigenvalue weighted by Crippen LogP contribution is 2.38. The Balaban J connectivity index is 2.09. The van der Waals surface area contributed by atoms with Crippen LogP contribution in [-0.2, 0) is 4.79 Å². The maximum atomic E-state index is 11.3. The first-order valence-electron chi connectivity index (χ1n) is 7.67. The average Bonchev–Trinajstić information content (AvgIpc) is 2.38. The molecule has 0 radical (unpaired) electrons. The zero-order chi connectivity index (χ0) is 13.9. The van der Waals surface area contributed by atoms with Crippen LogP contribution in [0, 0.1) is 0 Å². The molecule has 0 aromatic rings. The van der Waals surface area contributed by atoms with E-state index in [1.54, 1.807) is 0 Å². The number of carbonyl (C=O) groups is 1. The molecule has 19 heavy (non-hydrogen) atoms. The molecule has 4 heteroatoms. The van der Waals surface area contributed by atoms with Crippen LogP contribution in [0.15, 0.2) is 0 Å². The maximum Gasteiger partial charge on any atom is 0.305 e. The van der Waals surface area contributed by atoms with Crippen LogP contribution < -0.4 is 0 Å². The summed E-state index contributed by atoms with van der Waals surface area (Å²) in [6.45, 7) is 2.26. The Morgan fingerprint density at radius 1 is 1.32 bits per heavy atom. The summed E-state index contributed by atoms with van der Waals surface area (Å²) >= 11 is 0. The van der Waals surface area contributed by atoms with E-state index in [-0.39, 0.29) is 5.54 Å². The summed E-state index contributed by atoms with van der Waals surface area (Å²) in [5, 5.41) is 9.29. The molecule has 2 aliphatic rings. The lowest BCUT2D eigenvalue weighted by molar-refractivity contribution is -0.142. The highest BCUT2D eigenvalue weighted by atomic mass is 16.4. The van der Waals surface area contributed by atoms with Crippen LogP contribution in [0.2, 0.25) is 0 Å². The van der Waals surface area contributed by atoms with E-state index in [2.05, 4.69) is 23.9 Å². The molecule has 1 aliphatic heterocycles. The number of carboxylic acids is 1. The second kappa shape index (κ2) is 6.23. The standard InChI is InChI=1S/C15H28N2O2/c1-16-10-6-7-13(12-16)17(2)15(11-14(18)19)8-4-3-5-9-15/h13H,3-12H2,1-2H3,(H,18,19). The quantitative estimate of drug-likeness (QED) is 0.849. The molecule has 1 atom stereocenters. The molecule has 1 N–H and O–H groups in total. The summed E-state index contributed by atoms with van der Waals surface area (Å²) in [6.07, 6.45) is 8.48. The van der Waals surface area contributed by atoms with Crippen LogP contribution in [0.25, 0.3) is 0 Å². The van der Waals surface area contributed by atoms with Crippen molar-refractivity contribution >= 4 is 5.97 Å². The number of hydrogen-bond acceptors (Lipinski definition) is 3. The van der Waals surface area contributed by atoms with Crippen LogP contribution in [0.4, 0.5) is 0 Å². The minimum atomic E-state index is -0.641. The third-order valence-electron chi connectivity index (χ3n) is 5.16. The van der Waals surface area contributed by atoms with E-state index in [9.17, 15) is 9.90 Å². The number of piperidine rings is 1. The van der Waals surface area contributed by atoms with E-state index in [0.717, 1.165) is 19.4 Å². The van der Waals surface area contributed by atoms with Gasteiger partial charge in [0.2, 0.25) is 0 Å². The molecule has 0 aromatic heterocycles. The van der Waals surface area contributed by atoms with E-state index < -0.39 is 5.97 Å². The molecule has 1 unspecified atom stereocenters. The van der Waals surface area contributed by atoms with Crippen molar-refractivity contribution in [3.05, 3.63) is 0 Å². The molecule has 0 spiro atoms. The van der Waals surface area contributed by atoms with E-state index in [4.69, 9.17) is 0 Å². The molecule has 2 fully saturated rings. The zero-order valence-corrected chi connectivity index (χ0v) is 12.4. The predicted octanol–water partition coefficient (Wildman–Crippen LogP) is 2.19. The van der Waals surface area contributed by atoms with E-state index in [0.29, 0.717) is 12.5 Å². The fourth-order valence-electron chi connectivity index (χ4n) is 3.99. The van der Waals surface area contributed by atoms with Crippen molar-refractivity contribution in [3.63, 3.8) is 0 Å². The molecule has 4 nitrogen and oxygen atoms in total. The molecule has 110 valence electrons. The van der Waals surface area contributed by atoms with Gasteiger partial charge in [0.15, 0.2) is 0 Å². The van der Waals surface area contributed by atoms with Crippen molar-refractivity contribution < 1.29 is 9.90 Å². The lowest BCUT2D eigenvalue weighted by Gasteiger charge is -2.49. The van der Waals surface area contributed by atoms with E-state index in [1.807, 2.05) is 0 Å². The van der Waals surface area contributed by atoms with Gasteiger partial charge in [-0.05, 0) is 46.3 Å². The lowest BCUT2D eigenvalue weighted by atomic mass is 9.77. The predicted molar refractivity (Wildman–Crippen MR) is 76.4 cm³/mol. The van der Waals surface area contributed by atoms with E-state index in [1.165, 1.54) is 38.6 Å². The van der Waals surface area contributed by atoms with Crippen LogP contribution >= 0.6 is 0 Å². The Labute approximate surface area is 116 Å². The number of hydrogen-bond donors (Lipinski definition) is 1. The van der Waals surface area contributed by atoms with E-state index >= 15 is 0 Å². The summed E-state index contributed by atoms with van der Waals surface area (Å²) in [6, 6.07) is 0.524. The Kier molecular flexibility index (Phi) is 4.85. The van der Waals surface area contributed by atoms with Gasteiger partial charge in [0.25, 0.3) is 0 Å². The monoisotopic (exact) mass is 268 g/mol. The summed E-state index contributed by atoms with van der Waals surface area (Å²) < 4.78 is 0. The minimum absolute atomic E-state index is 0.0903. The third-order valence-corrected chi connectivity index (χ3v) is 5.16. The maximum absolute atomic E-state index is 11.3. The smallest absolute Gasteiger partial charge is 0.305 e. The Bertz CT molecular complexity index is 313. The number of likely N-dealkylation sites (tertiary alicyclic amines) is 1. The van der Waals surface area contributed by atoms with Gasteiger partial charge in [0.05, 0.1) is 6.42 Å². The van der Waals surface area contributed by atoms with Crippen LogP contribution in [0.5, 0.6) is 0 Å². The number of nitrogens with zero attached hydrogens (tertiary/aromatic N) is 2. The van der Waals surface area contributed by atoms with Gasteiger partial charge in [-0.25, -0.2) is 0 Å². The van der Waals surface area contributed by atoms with Crippen molar-refractivity contribution in [2.24, 2.45) is 0 Å². The van der Waals surface area contributed by atoms with Crippen molar-refractivity contribution in [2.75, 3.05) is 27.2 Å². The minimum Gasteiger partial charge on any atom is -0.481 e. The average molecular weight is 268 g/mol. The first kappa shape index (κ1) is 14.8. The summed E-state index contributed by atoms with van der Waals surface area (Å²) in [5.41, 5.74) is -0.0903. The molecule has 1 heterocycles. The fraction of sp³-hybridized carbons (Fsp3) is 0.933. The molecular formula is C15H28N2O2. The van der Waals surface area contributed by atoms with Crippen molar-refractivity contribution in [1.82, 2.24) is 9.80 Å². The summed E-state index contributed by atoms with van der Waals surface area (Å²) in [5.74, 6) is -0.641. The molecule has 0 amide bonds. The van der Waals surface area contributed by atoms with Gasteiger partial charge in [0.1, 0.15) is 0 Å². The van der Waals surface area contributed by atoms with Crippen molar-refractivity contribution in [3.8, 4) is 0 Å². The molecule has 0 aromatic carbocycles. The van der Waals surface area contributed by atoms with Gasteiger partial charge in [0, 0.05) is 18.1 Å². The number of likely N-dealkylation sites (N-methyl/N-ethyl adjacent to an activating group) is 2. The first-order valence-corrected chi connectivity index (χ1v) is 7.67. The number of carboxylic acid groups (broad SMARTS) is 1. The normalized spacial score (nSPS) is 28.5. The molecule has 1 saturated carbocycles. The molecule has 2 rings (SSSR count). The Hall–Kier alpha value is -0.610. The summed E-state index contributed by atoms with van der Waals surface area (Å²) in [7, 11) is 4.34. The molecule has 0 bridgehead atoms. The number of rotatable bonds is 4. The van der Waals surface area contributed by atoms with Crippen LogP contribution in [0.1, 0.15) is 51.4 Å². The third kappa shape index (κ3) is 3.48. The Morgan fingerprint density at radius 3 is 2.58 bits per heavy atom. The summed E-state index contributed by atoms with van der Waals surface area (Å²) in [4.78, 5) is 16.1. The van der Waals surface area contributed by atoms with Crippen molar-refractivity contribution in [2.45, 2.75) is 62.9 Å². The Morgan fingerprint density at radius 2 is 2.00 bits per heavy atom. The van der Waals surface area contributed by atoms with Gasteiger partial charge >= 0.3 is 5.97 Å². The molecule has 1 saturated heterocycles. The molecular weight excluding hydrogens is 240 g/mol. The fourth-order valence-corrected chi connectivity index (χ4v) is 3.99. The highest BCUT2D eigenvalue weighted by molar-refractivity contribution is 5.68. The van der Waals surface area contributed by atoms with Crippen LogP contribution in [0.3, 0.4) is 0 Å². The second-order valence-electron chi connectivity index (χ2n) is 6.52. The van der Waals surface area contributed by atoms with Crippen LogP contribution in [-0.4, -0.2) is 59.6 Å². The SMILES string of the molecule is CN1CCCC(N(C)C2(CC(=O)O)CCCCC2)C1. The van der Waals surface area contributed by atoms with Crippen molar-refractivity contribution in [1.29, 1.82) is 0 Å². The van der Waals surface area contributed by atoms with Gasteiger partial charge in [-0.15, -0.1) is 0 Å². The van der Waals surface area contributed by atoms with Gasteiger partial charge in [-0.1, -0.05) is 19.3 Å². The topological polar surface area (TPSA) is 43.8 Å². The largest absolute Gasteiger partial charge is 0.481 e.